The topological polar surface area (TPSA) is 41.9 Å². The van der Waals surface area contributed by atoms with E-state index in [0.717, 1.165) is 39.1 Å². The monoisotopic (exact) mass is 201 g/mol. The molecule has 0 amide bonds. The molecule has 0 aliphatic carbocycles. The van der Waals surface area contributed by atoms with Crippen LogP contribution in [0.5, 0.6) is 0 Å². The normalized spacial score (nSPS) is 41.1. The maximum atomic E-state index is 9.50. The molecule has 0 bridgehead atoms. The zero-order valence-electron chi connectivity index (χ0n) is 8.69. The van der Waals surface area contributed by atoms with Gasteiger partial charge >= 0.3 is 0 Å². The van der Waals surface area contributed by atoms with Crippen LogP contribution in [-0.4, -0.2) is 54.7 Å². The van der Waals surface area contributed by atoms with E-state index in [4.69, 9.17) is 9.47 Å². The molecule has 4 nitrogen and oxygen atoms in total. The summed E-state index contributed by atoms with van der Waals surface area (Å²) in [6, 6.07) is 0.470. The lowest BCUT2D eigenvalue weighted by molar-refractivity contribution is -0.179. The van der Waals surface area contributed by atoms with Gasteiger partial charge in [0.15, 0.2) is 6.29 Å². The zero-order chi connectivity index (χ0) is 9.97. The molecule has 2 heterocycles. The van der Waals surface area contributed by atoms with Gasteiger partial charge < -0.3 is 14.6 Å². The molecule has 0 aromatic rings. The van der Waals surface area contributed by atoms with E-state index in [0.29, 0.717) is 6.04 Å². The highest BCUT2D eigenvalue weighted by molar-refractivity contribution is 4.80. The predicted molar refractivity (Wildman–Crippen MR) is 52.0 cm³/mol. The molecule has 3 atom stereocenters. The first-order valence-corrected chi connectivity index (χ1v) is 5.41. The quantitative estimate of drug-likeness (QED) is 0.658. The summed E-state index contributed by atoms with van der Waals surface area (Å²) < 4.78 is 10.6. The van der Waals surface area contributed by atoms with Crippen molar-refractivity contribution >= 4 is 0 Å². The molecule has 2 aliphatic rings. The van der Waals surface area contributed by atoms with Crippen LogP contribution in [0.2, 0.25) is 0 Å². The van der Waals surface area contributed by atoms with Crippen LogP contribution in [0.4, 0.5) is 0 Å². The first kappa shape index (κ1) is 10.4. The molecule has 0 saturated carbocycles. The molecule has 0 aromatic carbocycles. The van der Waals surface area contributed by atoms with Crippen molar-refractivity contribution in [2.45, 2.75) is 38.2 Å². The second kappa shape index (κ2) is 4.57. The molecule has 82 valence electrons. The smallest absolute Gasteiger partial charge is 0.156 e. The van der Waals surface area contributed by atoms with Crippen molar-refractivity contribution in [1.29, 1.82) is 0 Å². The number of aliphatic hydroxyl groups is 1. The Balaban J connectivity index is 1.88. The maximum Gasteiger partial charge on any atom is 0.156 e. The van der Waals surface area contributed by atoms with E-state index >= 15 is 0 Å². The molecule has 3 unspecified atom stereocenters. The molecule has 0 spiro atoms. The lowest BCUT2D eigenvalue weighted by Crippen LogP contribution is -2.49. The van der Waals surface area contributed by atoms with E-state index in [1.54, 1.807) is 0 Å². The van der Waals surface area contributed by atoms with Gasteiger partial charge in [-0.25, -0.2) is 0 Å². The molecule has 1 N–H and O–H groups in total. The summed E-state index contributed by atoms with van der Waals surface area (Å²) in [7, 11) is 0. The van der Waals surface area contributed by atoms with E-state index in [-0.39, 0.29) is 6.10 Å². The molecular weight excluding hydrogens is 182 g/mol. The second-order valence-corrected chi connectivity index (χ2v) is 4.17. The predicted octanol–water partition coefficient (Wildman–Crippen LogP) is 0.204. The van der Waals surface area contributed by atoms with Crippen molar-refractivity contribution in [2.24, 2.45) is 0 Å². The summed E-state index contributed by atoms with van der Waals surface area (Å²) in [6.07, 6.45) is 1.36. The van der Waals surface area contributed by atoms with Crippen molar-refractivity contribution in [3.63, 3.8) is 0 Å². The number of nitrogens with zero attached hydrogens (tertiary/aromatic N) is 1. The Morgan fingerprint density at radius 1 is 1.21 bits per heavy atom. The molecule has 0 radical (unpaired) electrons. The van der Waals surface area contributed by atoms with Gasteiger partial charge in [0.25, 0.3) is 0 Å². The minimum atomic E-state index is -0.577. The van der Waals surface area contributed by atoms with Crippen LogP contribution in [0, 0.1) is 0 Å². The van der Waals surface area contributed by atoms with Crippen molar-refractivity contribution in [3.05, 3.63) is 0 Å². The lowest BCUT2D eigenvalue weighted by Gasteiger charge is -2.40. The number of aliphatic hydroxyl groups excluding tert-OH is 1. The summed E-state index contributed by atoms with van der Waals surface area (Å²) in [6.45, 7) is 5.65. The van der Waals surface area contributed by atoms with E-state index in [1.165, 1.54) is 0 Å². The standard InChI is InChI=1S/C10H19NO3/c1-8-6-9(7-10(12)14-8)11-2-4-13-5-3-11/h8-10,12H,2-7H2,1H3. The Morgan fingerprint density at radius 3 is 2.57 bits per heavy atom. The van der Waals surface area contributed by atoms with Gasteiger partial charge in [0, 0.05) is 25.6 Å². The summed E-state index contributed by atoms with van der Waals surface area (Å²) in [5.41, 5.74) is 0. The van der Waals surface area contributed by atoms with Gasteiger partial charge in [-0.2, -0.15) is 0 Å². The van der Waals surface area contributed by atoms with E-state index < -0.39 is 6.29 Å². The van der Waals surface area contributed by atoms with Gasteiger partial charge in [-0.3, -0.25) is 4.90 Å². The number of hydrogen-bond donors (Lipinski definition) is 1. The summed E-state index contributed by atoms with van der Waals surface area (Å²) in [5.74, 6) is 0. The lowest BCUT2D eigenvalue weighted by atomic mass is 10.0. The van der Waals surface area contributed by atoms with Crippen LogP contribution in [0.1, 0.15) is 19.8 Å². The zero-order valence-corrected chi connectivity index (χ0v) is 8.69. The third-order valence-electron chi connectivity index (χ3n) is 3.03. The molecule has 2 aliphatic heterocycles. The minimum Gasteiger partial charge on any atom is -0.379 e. The van der Waals surface area contributed by atoms with Crippen molar-refractivity contribution in [1.82, 2.24) is 4.90 Å². The fourth-order valence-electron chi connectivity index (χ4n) is 2.33. The van der Waals surface area contributed by atoms with Crippen LogP contribution >= 0.6 is 0 Å². The molecule has 14 heavy (non-hydrogen) atoms. The van der Waals surface area contributed by atoms with E-state index in [9.17, 15) is 5.11 Å². The van der Waals surface area contributed by atoms with Crippen LogP contribution in [0.25, 0.3) is 0 Å². The van der Waals surface area contributed by atoms with Crippen LogP contribution in [0.15, 0.2) is 0 Å². The SMILES string of the molecule is CC1CC(N2CCOCC2)CC(O)O1. The number of hydrogen-bond acceptors (Lipinski definition) is 4. The largest absolute Gasteiger partial charge is 0.379 e. The molecule has 0 aromatic heterocycles. The third-order valence-corrected chi connectivity index (χ3v) is 3.03. The molecule has 2 saturated heterocycles. The summed E-state index contributed by atoms with van der Waals surface area (Å²) in [4.78, 5) is 2.41. The average Bonchev–Trinajstić information content (AvgIpc) is 2.18. The number of rotatable bonds is 1. The van der Waals surface area contributed by atoms with Gasteiger partial charge in [-0.05, 0) is 13.3 Å². The highest BCUT2D eigenvalue weighted by Crippen LogP contribution is 2.23. The molecule has 4 heteroatoms. The van der Waals surface area contributed by atoms with E-state index in [1.807, 2.05) is 6.92 Å². The van der Waals surface area contributed by atoms with Crippen LogP contribution in [-0.2, 0) is 9.47 Å². The number of ether oxygens (including phenoxy) is 2. The first-order chi connectivity index (χ1) is 6.75. The van der Waals surface area contributed by atoms with Crippen LogP contribution < -0.4 is 0 Å². The number of morpholine rings is 1. The highest BCUT2D eigenvalue weighted by Gasteiger charge is 2.30. The van der Waals surface area contributed by atoms with Gasteiger partial charge in [0.1, 0.15) is 0 Å². The fourth-order valence-corrected chi connectivity index (χ4v) is 2.33. The first-order valence-electron chi connectivity index (χ1n) is 5.41. The Bertz CT molecular complexity index is 172. The van der Waals surface area contributed by atoms with Crippen molar-refractivity contribution in [2.75, 3.05) is 26.3 Å². The Morgan fingerprint density at radius 2 is 1.93 bits per heavy atom. The van der Waals surface area contributed by atoms with Crippen molar-refractivity contribution in [3.8, 4) is 0 Å². The summed E-state index contributed by atoms with van der Waals surface area (Å²) in [5, 5.41) is 9.50. The Labute approximate surface area is 84.8 Å². The second-order valence-electron chi connectivity index (χ2n) is 4.17. The third kappa shape index (κ3) is 2.45. The highest BCUT2D eigenvalue weighted by atomic mass is 16.6. The minimum absolute atomic E-state index is 0.173. The van der Waals surface area contributed by atoms with Crippen molar-refractivity contribution < 1.29 is 14.6 Å². The summed E-state index contributed by atoms with van der Waals surface area (Å²) >= 11 is 0. The van der Waals surface area contributed by atoms with Crippen LogP contribution in [0.3, 0.4) is 0 Å². The van der Waals surface area contributed by atoms with E-state index in [2.05, 4.69) is 4.90 Å². The Hall–Kier alpha value is -0.160. The molecule has 2 fully saturated rings. The van der Waals surface area contributed by atoms with Gasteiger partial charge in [-0.1, -0.05) is 0 Å². The van der Waals surface area contributed by atoms with Gasteiger partial charge in [-0.15, -0.1) is 0 Å². The van der Waals surface area contributed by atoms with Gasteiger partial charge in [0.2, 0.25) is 0 Å². The maximum absolute atomic E-state index is 9.50. The average molecular weight is 201 g/mol. The van der Waals surface area contributed by atoms with Gasteiger partial charge in [0.05, 0.1) is 19.3 Å². The Kier molecular flexibility index (Phi) is 3.38. The molecular formula is C10H19NO3. The molecule has 2 rings (SSSR count). The fraction of sp³-hybridized carbons (Fsp3) is 1.00.